The lowest BCUT2D eigenvalue weighted by Crippen LogP contribution is -2.36. The molecule has 4 aromatic carbocycles. The van der Waals surface area contributed by atoms with Crippen LogP contribution in [-0.2, 0) is 16.7 Å². The van der Waals surface area contributed by atoms with Crippen molar-refractivity contribution >= 4 is 33.0 Å². The first-order chi connectivity index (χ1) is 19.9. The van der Waals surface area contributed by atoms with Gasteiger partial charge in [0.25, 0.3) is 15.6 Å². The second-order valence-electron chi connectivity index (χ2n) is 10.0. The number of benzene rings is 4. The first-order valence-electron chi connectivity index (χ1n) is 13.7. The normalized spacial score (nSPS) is 14.0. The molecule has 7 nitrogen and oxygen atoms in total. The molecule has 0 radical (unpaired) electrons. The lowest BCUT2D eigenvalue weighted by Gasteiger charge is -2.15. The third kappa shape index (κ3) is 5.75. The van der Waals surface area contributed by atoms with Gasteiger partial charge in [-0.15, -0.1) is 0 Å². The van der Waals surface area contributed by atoms with Crippen LogP contribution in [0.4, 0.5) is 5.69 Å². The van der Waals surface area contributed by atoms with Crippen LogP contribution in [0.15, 0.2) is 107 Å². The molecule has 2 heterocycles. The summed E-state index contributed by atoms with van der Waals surface area (Å²) in [5.74, 6) is 1.75. The van der Waals surface area contributed by atoms with Crippen LogP contribution < -0.4 is 14.2 Å². The molecular weight excluding hydrogens is 536 g/mol. The van der Waals surface area contributed by atoms with Gasteiger partial charge in [-0.05, 0) is 53.8 Å². The number of oxazole rings is 1. The zero-order valence-corrected chi connectivity index (χ0v) is 23.5. The first kappa shape index (κ1) is 26.8. The van der Waals surface area contributed by atoms with Crippen LogP contribution >= 0.6 is 0 Å². The van der Waals surface area contributed by atoms with E-state index in [1.165, 1.54) is 0 Å². The van der Waals surface area contributed by atoms with E-state index in [9.17, 15) is 13.0 Å². The molecule has 1 aliphatic rings. The van der Waals surface area contributed by atoms with Gasteiger partial charge in [-0.2, -0.15) is 13.0 Å². The largest absolute Gasteiger partial charge is 0.438 e. The Labute approximate surface area is 239 Å². The van der Waals surface area contributed by atoms with Crippen LogP contribution in [0.25, 0.3) is 39.4 Å². The minimum atomic E-state index is -4.02. The van der Waals surface area contributed by atoms with E-state index in [4.69, 9.17) is 9.15 Å². The van der Waals surface area contributed by atoms with E-state index in [2.05, 4.69) is 54.3 Å². The van der Waals surface area contributed by atoms with E-state index < -0.39 is 10.1 Å². The molecule has 0 fully saturated rings. The number of hydrogen-bond donors (Lipinski definition) is 1. The number of ether oxygens (including phenoxy) is 1. The molecule has 41 heavy (non-hydrogen) atoms. The lowest BCUT2D eigenvalue weighted by molar-refractivity contribution is -0.678. The number of rotatable bonds is 9. The van der Waals surface area contributed by atoms with Crippen molar-refractivity contribution in [3.05, 3.63) is 109 Å². The van der Waals surface area contributed by atoms with Gasteiger partial charge in [0.05, 0.1) is 11.4 Å². The van der Waals surface area contributed by atoms with E-state index in [1.807, 2.05) is 65.2 Å². The smallest absolute Gasteiger partial charge is 0.379 e. The Morgan fingerprint density at radius 1 is 0.829 bits per heavy atom. The number of aromatic nitrogens is 1. The van der Waals surface area contributed by atoms with E-state index in [0.717, 1.165) is 44.8 Å². The zero-order valence-electron chi connectivity index (χ0n) is 22.7. The van der Waals surface area contributed by atoms with E-state index in [-0.39, 0.29) is 5.75 Å². The van der Waals surface area contributed by atoms with Crippen LogP contribution in [0.3, 0.4) is 0 Å². The van der Waals surface area contributed by atoms with Crippen molar-refractivity contribution in [1.82, 2.24) is 0 Å². The Kier molecular flexibility index (Phi) is 7.34. The zero-order chi connectivity index (χ0) is 28.4. The molecular formula is C33H31N2O5S+. The number of unbranched alkanes of at least 4 members (excludes halogenated alkanes) is 1. The minimum absolute atomic E-state index is 0.277. The van der Waals surface area contributed by atoms with Crippen LogP contribution in [0.2, 0.25) is 0 Å². The highest BCUT2D eigenvalue weighted by atomic mass is 32.2. The van der Waals surface area contributed by atoms with Gasteiger partial charge < -0.3 is 14.1 Å². The number of nitrogens with zero attached hydrogens (tertiary/aromatic N) is 2. The summed E-state index contributed by atoms with van der Waals surface area (Å²) in [5, 5.41) is 0. The number of fused-ring (bicyclic) bond motifs is 2. The Morgan fingerprint density at radius 3 is 2.15 bits per heavy atom. The highest BCUT2D eigenvalue weighted by molar-refractivity contribution is 7.85. The average molecular weight is 568 g/mol. The minimum Gasteiger partial charge on any atom is -0.438 e. The van der Waals surface area contributed by atoms with Gasteiger partial charge in [-0.25, -0.2) is 0 Å². The Hall–Kier alpha value is -4.40. The molecule has 1 N–H and O–H groups in total. The molecule has 0 saturated carbocycles. The van der Waals surface area contributed by atoms with Crippen LogP contribution in [0, 0.1) is 0 Å². The van der Waals surface area contributed by atoms with E-state index in [0.29, 0.717) is 37.7 Å². The Bertz CT molecular complexity index is 1830. The van der Waals surface area contributed by atoms with Gasteiger partial charge in [-0.3, -0.25) is 4.55 Å². The molecule has 6 rings (SSSR count). The van der Waals surface area contributed by atoms with E-state index in [1.54, 1.807) is 0 Å². The number of anilines is 1. The number of hydrogen-bond acceptors (Lipinski definition) is 5. The fraction of sp³-hybridized carbons (Fsp3) is 0.182. The quantitative estimate of drug-likeness (QED) is 0.118. The van der Waals surface area contributed by atoms with Crippen molar-refractivity contribution in [2.45, 2.75) is 26.3 Å². The monoisotopic (exact) mass is 567 g/mol. The molecule has 1 aliphatic heterocycles. The fourth-order valence-corrected chi connectivity index (χ4v) is 5.82. The van der Waals surface area contributed by atoms with Gasteiger partial charge in [0.15, 0.2) is 12.3 Å². The van der Waals surface area contributed by atoms with Crippen molar-refractivity contribution in [1.29, 1.82) is 0 Å². The number of aryl methyl sites for hydroxylation is 1. The summed E-state index contributed by atoms with van der Waals surface area (Å²) in [6, 6.07) is 32.7. The van der Waals surface area contributed by atoms with Gasteiger partial charge in [0.1, 0.15) is 6.08 Å². The standard InChI is InChI=1S/C33H30N2O5S/c1-2-34-28-21-26(24-11-5-3-6-12-24)15-17-30(28)39-32(34)23-33-35(19-9-10-20-41(36,37)38)29-22-27(16-18-31(29)40-33)25-13-7-4-8-14-25/h3-8,11-18,21-23H,2,9-10,19-20H2,1H3/p+1. The van der Waals surface area contributed by atoms with Crippen molar-refractivity contribution in [3.63, 3.8) is 0 Å². The van der Waals surface area contributed by atoms with Crippen molar-refractivity contribution in [2.75, 3.05) is 17.2 Å². The fourth-order valence-electron chi connectivity index (χ4n) is 5.25. The summed E-state index contributed by atoms with van der Waals surface area (Å²) >= 11 is 0. The molecule has 1 aromatic heterocycles. The van der Waals surface area contributed by atoms with Crippen LogP contribution in [0.5, 0.6) is 5.75 Å². The summed E-state index contributed by atoms with van der Waals surface area (Å²) in [7, 11) is -4.02. The molecule has 0 saturated heterocycles. The highest BCUT2D eigenvalue weighted by Gasteiger charge is 2.30. The maximum absolute atomic E-state index is 11.3. The Morgan fingerprint density at radius 2 is 1.49 bits per heavy atom. The summed E-state index contributed by atoms with van der Waals surface area (Å²) in [6.45, 7) is 3.29. The lowest BCUT2D eigenvalue weighted by atomic mass is 10.0. The predicted molar refractivity (Wildman–Crippen MR) is 161 cm³/mol. The van der Waals surface area contributed by atoms with Gasteiger partial charge in [0, 0.05) is 19.0 Å². The third-order valence-electron chi connectivity index (χ3n) is 7.27. The van der Waals surface area contributed by atoms with Crippen LogP contribution in [-0.4, -0.2) is 25.3 Å². The topological polar surface area (TPSA) is 83.9 Å². The molecule has 0 amide bonds. The molecule has 0 spiro atoms. The summed E-state index contributed by atoms with van der Waals surface area (Å²) < 4.78 is 46.5. The third-order valence-corrected chi connectivity index (χ3v) is 8.08. The maximum atomic E-state index is 11.3. The summed E-state index contributed by atoms with van der Waals surface area (Å²) in [6.07, 6.45) is 2.78. The molecule has 208 valence electrons. The highest BCUT2D eigenvalue weighted by Crippen LogP contribution is 2.42. The molecule has 0 atom stereocenters. The second kappa shape index (κ2) is 11.2. The van der Waals surface area contributed by atoms with Crippen molar-refractivity contribution < 1.29 is 26.7 Å². The summed E-state index contributed by atoms with van der Waals surface area (Å²) in [5.41, 5.74) is 7.00. The Balaban J connectivity index is 1.38. The van der Waals surface area contributed by atoms with Gasteiger partial charge in [-0.1, -0.05) is 72.8 Å². The SMILES string of the molecule is CCN1C(=Cc2oc3ccc(-c4ccccc4)cc3[n+]2CCCCS(=O)(=O)O)Oc2ccc(-c3ccccc3)cc21. The molecule has 0 bridgehead atoms. The van der Waals surface area contributed by atoms with E-state index >= 15 is 0 Å². The van der Waals surface area contributed by atoms with Crippen LogP contribution in [0.1, 0.15) is 25.7 Å². The maximum Gasteiger partial charge on any atom is 0.379 e. The van der Waals surface area contributed by atoms with Crippen molar-refractivity contribution in [3.8, 4) is 28.0 Å². The molecule has 0 aliphatic carbocycles. The molecule has 5 aromatic rings. The van der Waals surface area contributed by atoms with Gasteiger partial charge in [0.2, 0.25) is 11.5 Å². The average Bonchev–Trinajstić information content (AvgIpc) is 3.51. The summed E-state index contributed by atoms with van der Waals surface area (Å²) in [4.78, 5) is 2.12. The second-order valence-corrected chi connectivity index (χ2v) is 11.6. The molecule has 0 unspecified atom stereocenters. The van der Waals surface area contributed by atoms with Crippen molar-refractivity contribution in [2.24, 2.45) is 0 Å². The first-order valence-corrected chi connectivity index (χ1v) is 15.3. The predicted octanol–water partition coefficient (Wildman–Crippen LogP) is 6.94. The molecule has 8 heteroatoms. The van der Waals surface area contributed by atoms with Gasteiger partial charge >= 0.3 is 5.89 Å².